The summed E-state index contributed by atoms with van der Waals surface area (Å²) in [6.45, 7) is 4.03. The molecule has 0 aliphatic heterocycles. The molecule has 0 heterocycles. The molecule has 16 heavy (non-hydrogen) atoms. The number of benzene rings is 1. The number of aliphatic hydroxyl groups excluding tert-OH is 1. The highest BCUT2D eigenvalue weighted by Crippen LogP contribution is 2.65. The number of halogens is 1. The van der Waals surface area contributed by atoms with Crippen LogP contribution in [0.15, 0.2) is 18.2 Å². The van der Waals surface area contributed by atoms with Crippen LogP contribution in [0.5, 0.6) is 5.75 Å². The van der Waals surface area contributed by atoms with Crippen LogP contribution in [0.1, 0.15) is 25.8 Å². The Bertz CT molecular complexity index is 414. The monoisotopic (exact) mass is 224 g/mol. The van der Waals surface area contributed by atoms with Crippen LogP contribution < -0.4 is 4.74 Å². The average molecular weight is 224 g/mol. The van der Waals surface area contributed by atoms with Gasteiger partial charge in [0.05, 0.1) is 13.7 Å². The summed E-state index contributed by atoms with van der Waals surface area (Å²) in [4.78, 5) is 0. The molecule has 0 radical (unpaired) electrons. The van der Waals surface area contributed by atoms with Crippen molar-refractivity contribution in [1.29, 1.82) is 0 Å². The largest absolute Gasteiger partial charge is 0.496 e. The van der Waals surface area contributed by atoms with Crippen molar-refractivity contribution in [2.45, 2.75) is 25.7 Å². The SMILES string of the molecule is COc1cccc(F)c1C1(CO)CC1(C)C. The third kappa shape index (κ3) is 1.34. The summed E-state index contributed by atoms with van der Waals surface area (Å²) in [5.74, 6) is 0.235. The first-order valence-electron chi connectivity index (χ1n) is 5.42. The van der Waals surface area contributed by atoms with Crippen molar-refractivity contribution >= 4 is 0 Å². The molecule has 3 heteroatoms. The lowest BCUT2D eigenvalue weighted by Crippen LogP contribution is -2.21. The fourth-order valence-corrected chi connectivity index (χ4v) is 2.62. The molecule has 2 nitrogen and oxygen atoms in total. The Morgan fingerprint density at radius 2 is 2.06 bits per heavy atom. The second-order valence-electron chi connectivity index (χ2n) is 5.12. The Morgan fingerprint density at radius 1 is 1.44 bits per heavy atom. The number of methoxy groups -OCH3 is 1. The van der Waals surface area contributed by atoms with E-state index in [9.17, 15) is 9.50 Å². The number of aliphatic hydroxyl groups is 1. The summed E-state index contributed by atoms with van der Waals surface area (Å²) in [6, 6.07) is 4.78. The molecule has 0 spiro atoms. The maximum atomic E-state index is 13.9. The zero-order valence-corrected chi connectivity index (χ0v) is 9.88. The van der Waals surface area contributed by atoms with Crippen LogP contribution in [0.2, 0.25) is 0 Å². The maximum absolute atomic E-state index is 13.9. The van der Waals surface area contributed by atoms with Crippen LogP contribution in [0.3, 0.4) is 0 Å². The summed E-state index contributed by atoms with van der Waals surface area (Å²) < 4.78 is 19.1. The highest BCUT2D eigenvalue weighted by Gasteiger charge is 2.63. The van der Waals surface area contributed by atoms with E-state index in [0.717, 1.165) is 6.42 Å². The molecular formula is C13H17FO2. The first kappa shape index (κ1) is 11.4. The molecule has 0 saturated heterocycles. The number of rotatable bonds is 3. The predicted octanol–water partition coefficient (Wildman–Crippen LogP) is 2.49. The summed E-state index contributed by atoms with van der Waals surface area (Å²) in [7, 11) is 1.53. The minimum atomic E-state index is -0.482. The van der Waals surface area contributed by atoms with Crippen molar-refractivity contribution in [3.63, 3.8) is 0 Å². The first-order chi connectivity index (χ1) is 7.48. The van der Waals surface area contributed by atoms with E-state index in [4.69, 9.17) is 4.74 Å². The van der Waals surface area contributed by atoms with E-state index < -0.39 is 5.41 Å². The lowest BCUT2D eigenvalue weighted by molar-refractivity contribution is 0.224. The van der Waals surface area contributed by atoms with Crippen LogP contribution in [-0.4, -0.2) is 18.8 Å². The molecule has 2 rings (SSSR count). The van der Waals surface area contributed by atoms with Gasteiger partial charge in [-0.2, -0.15) is 0 Å². The van der Waals surface area contributed by atoms with Gasteiger partial charge in [-0.3, -0.25) is 0 Å². The summed E-state index contributed by atoms with van der Waals surface area (Å²) in [6.07, 6.45) is 0.786. The van der Waals surface area contributed by atoms with Gasteiger partial charge in [0.2, 0.25) is 0 Å². The van der Waals surface area contributed by atoms with E-state index >= 15 is 0 Å². The Balaban J connectivity index is 2.56. The standard InChI is InChI=1S/C13H17FO2/c1-12(2)7-13(12,8-15)11-9(14)5-4-6-10(11)16-3/h4-6,15H,7-8H2,1-3H3. The smallest absolute Gasteiger partial charge is 0.130 e. The highest BCUT2D eigenvalue weighted by molar-refractivity contribution is 5.47. The molecule has 1 unspecified atom stereocenters. The molecule has 1 N–H and O–H groups in total. The molecule has 1 atom stereocenters. The highest BCUT2D eigenvalue weighted by atomic mass is 19.1. The zero-order chi connectivity index (χ0) is 12.0. The van der Waals surface area contributed by atoms with Crippen molar-refractivity contribution < 1.29 is 14.2 Å². The van der Waals surface area contributed by atoms with Crippen molar-refractivity contribution in [2.24, 2.45) is 5.41 Å². The molecule has 1 aliphatic rings. The minimum Gasteiger partial charge on any atom is -0.496 e. The van der Waals surface area contributed by atoms with Crippen molar-refractivity contribution in [3.05, 3.63) is 29.6 Å². The van der Waals surface area contributed by atoms with E-state index in [-0.39, 0.29) is 17.8 Å². The number of ether oxygens (including phenoxy) is 1. The fourth-order valence-electron chi connectivity index (χ4n) is 2.62. The predicted molar refractivity (Wildman–Crippen MR) is 60.1 cm³/mol. The van der Waals surface area contributed by atoms with E-state index in [0.29, 0.717) is 11.3 Å². The van der Waals surface area contributed by atoms with Gasteiger partial charge in [0, 0.05) is 11.0 Å². The molecule has 0 bridgehead atoms. The van der Waals surface area contributed by atoms with Gasteiger partial charge in [-0.1, -0.05) is 19.9 Å². The van der Waals surface area contributed by atoms with Crippen molar-refractivity contribution in [1.82, 2.24) is 0 Å². The zero-order valence-electron chi connectivity index (χ0n) is 9.88. The minimum absolute atomic E-state index is 0.0444. The van der Waals surface area contributed by atoms with Crippen molar-refractivity contribution in [2.75, 3.05) is 13.7 Å². The van der Waals surface area contributed by atoms with Gasteiger partial charge < -0.3 is 9.84 Å². The lowest BCUT2D eigenvalue weighted by atomic mass is 9.87. The quantitative estimate of drug-likeness (QED) is 0.854. The molecule has 0 aromatic heterocycles. The Labute approximate surface area is 95.1 Å². The van der Waals surface area contributed by atoms with Crippen LogP contribution in [-0.2, 0) is 5.41 Å². The van der Waals surface area contributed by atoms with Gasteiger partial charge in [0.15, 0.2) is 0 Å². The van der Waals surface area contributed by atoms with Crippen LogP contribution in [0, 0.1) is 11.2 Å². The Kier molecular flexibility index (Phi) is 2.46. The van der Waals surface area contributed by atoms with Gasteiger partial charge in [0.1, 0.15) is 11.6 Å². The van der Waals surface area contributed by atoms with E-state index in [1.807, 2.05) is 13.8 Å². The maximum Gasteiger partial charge on any atom is 0.130 e. The molecule has 0 amide bonds. The molecule has 1 fully saturated rings. The third-order valence-electron chi connectivity index (χ3n) is 3.86. The molecule has 1 saturated carbocycles. The van der Waals surface area contributed by atoms with Gasteiger partial charge in [0.25, 0.3) is 0 Å². The van der Waals surface area contributed by atoms with E-state index in [2.05, 4.69) is 0 Å². The summed E-state index contributed by atoms with van der Waals surface area (Å²) in [5.41, 5.74) is -0.0361. The van der Waals surface area contributed by atoms with Crippen molar-refractivity contribution in [3.8, 4) is 5.75 Å². The van der Waals surface area contributed by atoms with Gasteiger partial charge >= 0.3 is 0 Å². The Hall–Kier alpha value is -1.09. The number of hydrogen-bond acceptors (Lipinski definition) is 2. The second kappa shape index (κ2) is 3.45. The molecule has 1 aliphatic carbocycles. The van der Waals surface area contributed by atoms with E-state index in [1.165, 1.54) is 13.2 Å². The van der Waals surface area contributed by atoms with Gasteiger partial charge in [-0.25, -0.2) is 4.39 Å². The van der Waals surface area contributed by atoms with Crippen LogP contribution in [0.4, 0.5) is 4.39 Å². The first-order valence-corrected chi connectivity index (χ1v) is 5.42. The fraction of sp³-hybridized carbons (Fsp3) is 0.538. The second-order valence-corrected chi connectivity index (χ2v) is 5.12. The summed E-state index contributed by atoms with van der Waals surface area (Å²) in [5, 5.41) is 9.57. The summed E-state index contributed by atoms with van der Waals surface area (Å²) >= 11 is 0. The third-order valence-corrected chi connectivity index (χ3v) is 3.86. The normalized spacial score (nSPS) is 26.6. The van der Waals surface area contributed by atoms with E-state index in [1.54, 1.807) is 12.1 Å². The molecule has 1 aromatic rings. The molecule has 1 aromatic carbocycles. The number of hydrogen-bond donors (Lipinski definition) is 1. The van der Waals surface area contributed by atoms with Gasteiger partial charge in [-0.15, -0.1) is 0 Å². The molecule has 88 valence electrons. The van der Waals surface area contributed by atoms with Crippen LogP contribution in [0.25, 0.3) is 0 Å². The molecular weight excluding hydrogens is 207 g/mol. The topological polar surface area (TPSA) is 29.5 Å². The van der Waals surface area contributed by atoms with Crippen LogP contribution >= 0.6 is 0 Å². The average Bonchev–Trinajstić information content (AvgIpc) is 2.81. The Morgan fingerprint density at radius 3 is 2.50 bits per heavy atom. The lowest BCUT2D eigenvalue weighted by Gasteiger charge is -2.21. The van der Waals surface area contributed by atoms with Gasteiger partial charge in [-0.05, 0) is 24.0 Å².